The van der Waals surface area contributed by atoms with Gasteiger partial charge < -0.3 is 10.1 Å². The van der Waals surface area contributed by atoms with E-state index in [2.05, 4.69) is 10.3 Å². The Bertz CT molecular complexity index is 674. The summed E-state index contributed by atoms with van der Waals surface area (Å²) in [6, 6.07) is 5.94. The minimum absolute atomic E-state index is 0.0878. The van der Waals surface area contributed by atoms with Gasteiger partial charge in [0.05, 0.1) is 24.5 Å². The highest BCUT2D eigenvalue weighted by molar-refractivity contribution is 8.00. The Morgan fingerprint density at radius 3 is 2.78 bits per heavy atom. The van der Waals surface area contributed by atoms with E-state index in [1.807, 2.05) is 0 Å². The first-order valence-corrected chi connectivity index (χ1v) is 8.71. The van der Waals surface area contributed by atoms with Crippen LogP contribution in [0.5, 0.6) is 0 Å². The molecule has 0 atom stereocenters. The molecule has 2 aromatic rings. The molecule has 0 saturated heterocycles. The van der Waals surface area contributed by atoms with E-state index in [4.69, 9.17) is 4.74 Å². The quantitative estimate of drug-likeness (QED) is 0.611. The third kappa shape index (κ3) is 5.99. The van der Waals surface area contributed by atoms with Crippen molar-refractivity contribution >= 4 is 40.1 Å². The molecule has 23 heavy (non-hydrogen) atoms. The molecule has 0 aliphatic carbocycles. The summed E-state index contributed by atoms with van der Waals surface area (Å²) in [5.41, 5.74) is 0.565. The first-order chi connectivity index (χ1) is 11.1. The summed E-state index contributed by atoms with van der Waals surface area (Å²) in [5, 5.41) is 4.82. The number of carbonyl (C=O) groups is 2. The van der Waals surface area contributed by atoms with Crippen LogP contribution in [-0.4, -0.2) is 29.2 Å². The van der Waals surface area contributed by atoms with Gasteiger partial charge in [-0.15, -0.1) is 23.1 Å². The Morgan fingerprint density at radius 1 is 1.35 bits per heavy atom. The molecular formula is C15H15FN2O3S2. The van der Waals surface area contributed by atoms with Crippen molar-refractivity contribution in [2.45, 2.75) is 18.2 Å². The maximum Gasteiger partial charge on any atom is 0.311 e. The van der Waals surface area contributed by atoms with Crippen LogP contribution in [0.3, 0.4) is 0 Å². The van der Waals surface area contributed by atoms with E-state index in [1.54, 1.807) is 24.4 Å². The number of ether oxygens (including phenoxy) is 1. The molecule has 0 spiro atoms. The molecule has 0 unspecified atom stereocenters. The van der Waals surface area contributed by atoms with Crippen molar-refractivity contribution in [3.05, 3.63) is 41.2 Å². The van der Waals surface area contributed by atoms with Gasteiger partial charge in [0, 0.05) is 10.3 Å². The summed E-state index contributed by atoms with van der Waals surface area (Å²) in [7, 11) is 0. The standard InChI is InChI=1S/C15H15FN2O3S2/c1-2-21-14(20)7-11-8-23-15(17-11)18-13(19)9-22-12-5-3-10(16)4-6-12/h3-6,8H,2,7,9H2,1H3,(H,17,18,19). The molecule has 1 aromatic carbocycles. The van der Waals surface area contributed by atoms with Crippen LogP contribution in [-0.2, 0) is 20.7 Å². The predicted octanol–water partition coefficient (Wildman–Crippen LogP) is 3.12. The highest BCUT2D eigenvalue weighted by atomic mass is 32.2. The molecule has 0 aliphatic heterocycles. The molecular weight excluding hydrogens is 339 g/mol. The minimum atomic E-state index is -0.345. The summed E-state index contributed by atoms with van der Waals surface area (Å²) in [6.45, 7) is 2.07. The normalized spacial score (nSPS) is 10.3. The second kappa shape index (κ2) is 8.64. The van der Waals surface area contributed by atoms with Gasteiger partial charge in [0.2, 0.25) is 5.91 Å². The van der Waals surface area contributed by atoms with Crippen molar-refractivity contribution in [1.29, 1.82) is 0 Å². The lowest BCUT2D eigenvalue weighted by atomic mass is 10.3. The minimum Gasteiger partial charge on any atom is -0.466 e. The van der Waals surface area contributed by atoms with Gasteiger partial charge in [-0.2, -0.15) is 0 Å². The molecule has 1 amide bonds. The summed E-state index contributed by atoms with van der Waals surface area (Å²) in [4.78, 5) is 28.2. The van der Waals surface area contributed by atoms with Crippen LogP contribution < -0.4 is 5.32 Å². The molecule has 0 fully saturated rings. The third-order valence-electron chi connectivity index (χ3n) is 2.61. The fourth-order valence-corrected chi connectivity index (χ4v) is 3.07. The van der Waals surface area contributed by atoms with Gasteiger partial charge in [0.15, 0.2) is 5.13 Å². The predicted molar refractivity (Wildman–Crippen MR) is 88.2 cm³/mol. The van der Waals surface area contributed by atoms with E-state index >= 15 is 0 Å². The number of carbonyl (C=O) groups excluding carboxylic acids is 2. The largest absolute Gasteiger partial charge is 0.466 e. The van der Waals surface area contributed by atoms with Crippen LogP contribution in [0.2, 0.25) is 0 Å². The number of hydrogen-bond acceptors (Lipinski definition) is 6. The lowest BCUT2D eigenvalue weighted by Gasteiger charge is -2.02. The lowest BCUT2D eigenvalue weighted by Crippen LogP contribution is -2.14. The molecule has 5 nitrogen and oxygen atoms in total. The van der Waals surface area contributed by atoms with Crippen molar-refractivity contribution in [2.75, 3.05) is 17.7 Å². The number of aromatic nitrogens is 1. The molecule has 0 saturated carbocycles. The maximum atomic E-state index is 12.8. The molecule has 1 heterocycles. The second-order valence-electron chi connectivity index (χ2n) is 4.42. The number of rotatable bonds is 7. The first-order valence-electron chi connectivity index (χ1n) is 6.85. The fourth-order valence-electron chi connectivity index (χ4n) is 1.64. The number of benzene rings is 1. The van der Waals surface area contributed by atoms with E-state index in [0.29, 0.717) is 17.4 Å². The number of nitrogens with zero attached hydrogens (tertiary/aromatic N) is 1. The average molecular weight is 354 g/mol. The van der Waals surface area contributed by atoms with Crippen LogP contribution in [0.4, 0.5) is 9.52 Å². The van der Waals surface area contributed by atoms with Crippen LogP contribution in [0.15, 0.2) is 34.5 Å². The van der Waals surface area contributed by atoms with Gasteiger partial charge in [-0.3, -0.25) is 9.59 Å². The second-order valence-corrected chi connectivity index (χ2v) is 6.32. The van der Waals surface area contributed by atoms with Crippen molar-refractivity contribution in [1.82, 2.24) is 4.98 Å². The van der Waals surface area contributed by atoms with E-state index < -0.39 is 0 Å². The van der Waals surface area contributed by atoms with Gasteiger partial charge in [0.25, 0.3) is 0 Å². The Kier molecular flexibility index (Phi) is 6.54. The van der Waals surface area contributed by atoms with E-state index in [-0.39, 0.29) is 29.9 Å². The molecule has 2 rings (SSSR count). The maximum absolute atomic E-state index is 12.8. The molecule has 1 aromatic heterocycles. The van der Waals surface area contributed by atoms with Crippen molar-refractivity contribution in [2.24, 2.45) is 0 Å². The van der Waals surface area contributed by atoms with Gasteiger partial charge in [0.1, 0.15) is 5.82 Å². The molecule has 8 heteroatoms. The fraction of sp³-hybridized carbons (Fsp3) is 0.267. The Balaban J connectivity index is 1.80. The topological polar surface area (TPSA) is 68.3 Å². The molecule has 0 bridgehead atoms. The summed E-state index contributed by atoms with van der Waals surface area (Å²) in [6.07, 6.45) is 0.0878. The van der Waals surface area contributed by atoms with Crippen LogP contribution in [0.25, 0.3) is 0 Å². The Hall–Kier alpha value is -1.93. The van der Waals surface area contributed by atoms with Crippen LogP contribution in [0, 0.1) is 5.82 Å². The number of amides is 1. The van der Waals surface area contributed by atoms with Crippen molar-refractivity contribution in [3.8, 4) is 0 Å². The highest BCUT2D eigenvalue weighted by Gasteiger charge is 2.10. The monoisotopic (exact) mass is 354 g/mol. The molecule has 0 radical (unpaired) electrons. The summed E-state index contributed by atoms with van der Waals surface area (Å²) < 4.78 is 17.6. The number of nitrogens with one attached hydrogen (secondary N) is 1. The number of halogens is 1. The SMILES string of the molecule is CCOC(=O)Cc1csc(NC(=O)CSc2ccc(F)cc2)n1. The average Bonchev–Trinajstić information content (AvgIpc) is 2.94. The summed E-state index contributed by atoms with van der Waals surface area (Å²) in [5.74, 6) is -0.673. The van der Waals surface area contributed by atoms with Gasteiger partial charge in [-0.05, 0) is 31.2 Å². The zero-order chi connectivity index (χ0) is 16.7. The van der Waals surface area contributed by atoms with Crippen LogP contribution in [0.1, 0.15) is 12.6 Å². The van der Waals surface area contributed by atoms with Crippen molar-refractivity contribution in [3.63, 3.8) is 0 Å². The van der Waals surface area contributed by atoms with Crippen LogP contribution >= 0.6 is 23.1 Å². The first kappa shape index (κ1) is 17.4. The smallest absolute Gasteiger partial charge is 0.311 e. The number of thioether (sulfide) groups is 1. The van der Waals surface area contributed by atoms with Gasteiger partial charge in [-0.25, -0.2) is 9.37 Å². The number of anilines is 1. The zero-order valence-electron chi connectivity index (χ0n) is 12.4. The van der Waals surface area contributed by atoms with E-state index in [9.17, 15) is 14.0 Å². The van der Waals surface area contributed by atoms with Crippen molar-refractivity contribution < 1.29 is 18.7 Å². The van der Waals surface area contributed by atoms with Gasteiger partial charge in [-0.1, -0.05) is 0 Å². The van der Waals surface area contributed by atoms with E-state index in [0.717, 1.165) is 4.90 Å². The number of thiazole rings is 1. The third-order valence-corrected chi connectivity index (χ3v) is 4.43. The molecule has 122 valence electrons. The molecule has 1 N–H and O–H groups in total. The van der Waals surface area contributed by atoms with E-state index in [1.165, 1.54) is 35.2 Å². The number of esters is 1. The Morgan fingerprint density at radius 2 is 2.09 bits per heavy atom. The Labute approximate surface area is 141 Å². The number of hydrogen-bond donors (Lipinski definition) is 1. The highest BCUT2D eigenvalue weighted by Crippen LogP contribution is 2.20. The zero-order valence-corrected chi connectivity index (χ0v) is 14.0. The summed E-state index contributed by atoms with van der Waals surface area (Å²) >= 11 is 2.56. The molecule has 0 aliphatic rings. The lowest BCUT2D eigenvalue weighted by molar-refractivity contribution is -0.142. The van der Waals surface area contributed by atoms with Gasteiger partial charge >= 0.3 is 5.97 Å².